The van der Waals surface area contributed by atoms with Crippen molar-refractivity contribution in [1.82, 2.24) is 0 Å². The van der Waals surface area contributed by atoms with Crippen molar-refractivity contribution < 1.29 is 4.79 Å². The molecule has 0 unspecified atom stereocenters. The molecule has 16 heavy (non-hydrogen) atoms. The molecule has 0 heterocycles. The van der Waals surface area contributed by atoms with Crippen LogP contribution in [0.5, 0.6) is 0 Å². The van der Waals surface area contributed by atoms with E-state index in [-0.39, 0.29) is 29.9 Å². The molecule has 0 saturated heterocycles. The van der Waals surface area contributed by atoms with E-state index in [1.807, 2.05) is 60.7 Å². The van der Waals surface area contributed by atoms with Crippen molar-refractivity contribution in [3.63, 3.8) is 0 Å². The molecule has 0 aliphatic rings. The van der Waals surface area contributed by atoms with E-state index in [0.717, 1.165) is 8.92 Å². The van der Waals surface area contributed by atoms with E-state index < -0.39 is 0 Å². The van der Waals surface area contributed by atoms with E-state index >= 15 is 0 Å². The third-order valence-electron chi connectivity index (χ3n) is 1.89. The number of hydrogen-bond acceptors (Lipinski definition) is 1. The van der Waals surface area contributed by atoms with Crippen molar-refractivity contribution in [2.75, 3.05) is 0 Å². The van der Waals surface area contributed by atoms with Gasteiger partial charge in [0.15, 0.2) is 0 Å². The van der Waals surface area contributed by atoms with E-state index in [4.69, 9.17) is 0 Å². The molecular formula is C13H10OSe2. The predicted molar refractivity (Wildman–Crippen MR) is 69.1 cm³/mol. The molecule has 2 aromatic carbocycles. The molecule has 0 bridgehead atoms. The van der Waals surface area contributed by atoms with Crippen LogP contribution in [0.2, 0.25) is 0 Å². The molecule has 0 fully saturated rings. The van der Waals surface area contributed by atoms with Crippen LogP contribution < -0.4 is 8.92 Å². The molecule has 3 heteroatoms. The Morgan fingerprint density at radius 3 is 1.44 bits per heavy atom. The first-order valence-corrected chi connectivity index (χ1v) is 8.27. The Kier molecular flexibility index (Phi) is 4.38. The molecule has 0 N–H and O–H groups in total. The van der Waals surface area contributed by atoms with Crippen LogP contribution in [-0.2, 0) is 0 Å². The van der Waals surface area contributed by atoms with E-state index in [1.54, 1.807) is 0 Å². The molecule has 0 radical (unpaired) electrons. The number of rotatable bonds is 4. The van der Waals surface area contributed by atoms with Gasteiger partial charge in [0.1, 0.15) is 0 Å². The zero-order valence-electron chi connectivity index (χ0n) is 8.50. The van der Waals surface area contributed by atoms with E-state index in [2.05, 4.69) is 0 Å². The average Bonchev–Trinajstić information content (AvgIpc) is 2.31. The normalized spacial score (nSPS) is 10.0. The Morgan fingerprint density at radius 1 is 0.688 bits per heavy atom. The molecule has 0 amide bonds. The van der Waals surface area contributed by atoms with Gasteiger partial charge >= 0.3 is 108 Å². The Balaban J connectivity index is 1.95. The first kappa shape index (κ1) is 11.6. The van der Waals surface area contributed by atoms with E-state index in [1.165, 1.54) is 0 Å². The Hall–Kier alpha value is -0.851. The molecule has 1 nitrogen and oxygen atoms in total. The molecule has 0 aliphatic heterocycles. The van der Waals surface area contributed by atoms with Gasteiger partial charge in [-0.1, -0.05) is 0 Å². The summed E-state index contributed by atoms with van der Waals surface area (Å²) < 4.78 is 2.72. The van der Waals surface area contributed by atoms with Gasteiger partial charge in [-0.15, -0.1) is 0 Å². The van der Waals surface area contributed by atoms with Crippen LogP contribution in [0.1, 0.15) is 0 Å². The number of carbonyl (C=O) groups excluding carboxylic acids is 1. The van der Waals surface area contributed by atoms with Gasteiger partial charge in [0, 0.05) is 0 Å². The Labute approximate surface area is 108 Å². The second kappa shape index (κ2) is 6.03. The van der Waals surface area contributed by atoms with Crippen LogP contribution >= 0.6 is 0 Å². The number of carbonyl (C=O) groups is 1. The van der Waals surface area contributed by atoms with Gasteiger partial charge in [0.2, 0.25) is 0 Å². The van der Waals surface area contributed by atoms with Crippen molar-refractivity contribution in [2.24, 2.45) is 0 Å². The summed E-state index contributed by atoms with van der Waals surface area (Å²) in [6, 6.07) is 20.0. The third kappa shape index (κ3) is 3.62. The fourth-order valence-electron chi connectivity index (χ4n) is 1.19. The molecular weight excluding hydrogens is 330 g/mol. The maximum absolute atomic E-state index is 11.8. The SMILES string of the molecule is O=C([Se]c1ccccc1)[Se]c1ccccc1. The number of hydrogen-bond donors (Lipinski definition) is 0. The molecule has 0 spiro atoms. The van der Waals surface area contributed by atoms with Gasteiger partial charge in [-0.2, -0.15) is 0 Å². The van der Waals surface area contributed by atoms with E-state index in [9.17, 15) is 4.79 Å². The van der Waals surface area contributed by atoms with Crippen LogP contribution in [0.25, 0.3) is 0 Å². The third-order valence-corrected chi connectivity index (χ3v) is 6.54. The van der Waals surface area contributed by atoms with Crippen LogP contribution in [0.4, 0.5) is 4.79 Å². The fraction of sp³-hybridized carbons (Fsp3) is 0. The quantitative estimate of drug-likeness (QED) is 0.764. The van der Waals surface area contributed by atoms with Crippen molar-refractivity contribution in [3.8, 4) is 0 Å². The van der Waals surface area contributed by atoms with Gasteiger partial charge in [-0.25, -0.2) is 0 Å². The van der Waals surface area contributed by atoms with Crippen LogP contribution in [0.15, 0.2) is 60.7 Å². The summed E-state index contributed by atoms with van der Waals surface area (Å²) >= 11 is -0.0613. The first-order valence-electron chi connectivity index (χ1n) is 4.84. The number of benzene rings is 2. The summed E-state index contributed by atoms with van der Waals surface area (Å²) in [5.74, 6) is 0. The Morgan fingerprint density at radius 2 is 1.06 bits per heavy atom. The van der Waals surface area contributed by atoms with Gasteiger partial charge in [-0.3, -0.25) is 0 Å². The zero-order chi connectivity index (χ0) is 11.2. The standard InChI is InChI=1S/C13H10OSe2/c14-13(15-11-7-3-1-4-8-11)16-12-9-5-2-6-10-12/h1-10H. The molecule has 80 valence electrons. The van der Waals surface area contributed by atoms with E-state index in [0.29, 0.717) is 3.58 Å². The summed E-state index contributed by atoms with van der Waals surface area (Å²) in [7, 11) is 0. The fourth-order valence-corrected chi connectivity index (χ4v) is 5.87. The average molecular weight is 340 g/mol. The van der Waals surface area contributed by atoms with Gasteiger partial charge in [-0.05, 0) is 0 Å². The summed E-state index contributed by atoms with van der Waals surface area (Å²) in [6.45, 7) is 0. The van der Waals surface area contributed by atoms with Crippen LogP contribution in [0, 0.1) is 0 Å². The summed E-state index contributed by atoms with van der Waals surface area (Å²) in [4.78, 5) is 11.8. The monoisotopic (exact) mass is 342 g/mol. The van der Waals surface area contributed by atoms with Gasteiger partial charge in [0.05, 0.1) is 0 Å². The molecule has 2 aromatic rings. The van der Waals surface area contributed by atoms with Gasteiger partial charge < -0.3 is 0 Å². The minimum absolute atomic E-state index is 0.0307. The zero-order valence-corrected chi connectivity index (χ0v) is 11.9. The first-order chi connectivity index (χ1) is 7.84. The Bertz CT molecular complexity index is 410. The predicted octanol–water partition coefficient (Wildman–Crippen LogP) is 1.17. The molecule has 0 aromatic heterocycles. The molecule has 0 atom stereocenters. The minimum atomic E-state index is -0.0307. The van der Waals surface area contributed by atoms with Gasteiger partial charge in [0.25, 0.3) is 0 Å². The van der Waals surface area contributed by atoms with Crippen LogP contribution in [-0.4, -0.2) is 33.5 Å². The second-order valence-corrected chi connectivity index (χ2v) is 8.78. The second-order valence-electron chi connectivity index (χ2n) is 3.08. The summed E-state index contributed by atoms with van der Waals surface area (Å²) in [5, 5.41) is 0. The molecule has 2 rings (SSSR count). The summed E-state index contributed by atoms with van der Waals surface area (Å²) in [5.41, 5.74) is 0. The summed E-state index contributed by atoms with van der Waals surface area (Å²) in [6.07, 6.45) is 0. The maximum atomic E-state index is 11.8. The van der Waals surface area contributed by atoms with Crippen molar-refractivity contribution >= 4 is 42.4 Å². The van der Waals surface area contributed by atoms with Crippen molar-refractivity contribution in [3.05, 3.63) is 60.7 Å². The molecule has 0 aliphatic carbocycles. The topological polar surface area (TPSA) is 17.1 Å². The van der Waals surface area contributed by atoms with Crippen molar-refractivity contribution in [1.29, 1.82) is 0 Å². The van der Waals surface area contributed by atoms with Crippen molar-refractivity contribution in [2.45, 2.75) is 0 Å². The van der Waals surface area contributed by atoms with Crippen LogP contribution in [0.3, 0.4) is 0 Å². The molecule has 0 saturated carbocycles.